The Kier molecular flexibility index (Phi) is 21.9. The summed E-state index contributed by atoms with van der Waals surface area (Å²) in [4.78, 5) is 68.3. The quantitative estimate of drug-likeness (QED) is 0.0635. The van der Waals surface area contributed by atoms with Gasteiger partial charge in [-0.2, -0.15) is 0 Å². The molecule has 1 aliphatic carbocycles. The maximum atomic E-state index is 13.1. The van der Waals surface area contributed by atoms with Gasteiger partial charge in [-0.15, -0.1) is 0 Å². The minimum absolute atomic E-state index is 0.0156. The van der Waals surface area contributed by atoms with E-state index in [1.165, 1.54) is 56.5 Å². The van der Waals surface area contributed by atoms with E-state index >= 15 is 0 Å². The molecule has 0 aromatic heterocycles. The molecule has 3 heterocycles. The second-order valence-corrected chi connectivity index (χ2v) is 21.0. The van der Waals surface area contributed by atoms with Gasteiger partial charge in [-0.3, -0.25) is 24.1 Å². The van der Waals surface area contributed by atoms with E-state index in [1.807, 2.05) is 57.1 Å². The van der Waals surface area contributed by atoms with Crippen LogP contribution in [0.15, 0.2) is 30.6 Å². The smallest absolute Gasteiger partial charge is 0.230 e. The standard InChI is InChI=1S/C38H62N6O4S.C12H22N2O/c1-31-20-24-42(25-21-31)49-43-28-38(29-43)22-13-23-41(27-38)36(48)17-11-9-7-5-6-8-10-14-32-15-12-16-34(37(32)40(3)4)44(30-46)33(26-45)18-19-35(47)39-2;1-8(2)12(15)14(10(4)13)11-7-5-6-9(11)3/h12,15-16,26,30-31,33H,5-11,13-14,17-25,27-29H2,1-4H3,(H,39,47);8-9,11H,4-7,13H2,1-3H3. The zero-order valence-corrected chi connectivity index (χ0v) is 41.5. The largest absolute Gasteiger partial charge is 0.386 e. The number of anilines is 2. The number of benzene rings is 1. The highest BCUT2D eigenvalue weighted by Gasteiger charge is 2.47. The molecule has 0 bridgehead atoms. The lowest BCUT2D eigenvalue weighted by Crippen LogP contribution is -2.62. The predicted octanol–water partition coefficient (Wildman–Crippen LogP) is 7.78. The third kappa shape index (κ3) is 15.5. The molecule has 3 N–H and O–H groups in total. The number of hydrogen-bond acceptors (Lipinski definition) is 10. The van der Waals surface area contributed by atoms with E-state index in [9.17, 15) is 24.0 Å². The van der Waals surface area contributed by atoms with Crippen molar-refractivity contribution in [2.45, 2.75) is 155 Å². The molecule has 1 spiro atoms. The minimum atomic E-state index is -0.707. The molecule has 13 nitrogen and oxygen atoms in total. The Morgan fingerprint density at radius 2 is 1.58 bits per heavy atom. The number of hydrogen-bond donors (Lipinski definition) is 2. The molecule has 3 saturated heterocycles. The van der Waals surface area contributed by atoms with Crippen molar-refractivity contribution in [3.8, 4) is 0 Å². The fourth-order valence-corrected chi connectivity index (χ4v) is 11.5. The lowest BCUT2D eigenvalue weighted by Gasteiger charge is -2.54. The van der Waals surface area contributed by atoms with E-state index in [4.69, 9.17) is 5.73 Å². The summed E-state index contributed by atoms with van der Waals surface area (Å²) in [6, 6.07) is 5.46. The molecular weight excluding hydrogens is 825 g/mol. The molecule has 0 radical (unpaired) electrons. The maximum absolute atomic E-state index is 13.1. The number of carbonyl (C=O) groups is 5. The summed E-state index contributed by atoms with van der Waals surface area (Å²) in [7, 11) is 5.48. The van der Waals surface area contributed by atoms with Crippen LogP contribution in [0.3, 0.4) is 0 Å². The Hall–Kier alpha value is -3.62. The SMILES string of the molecule is C=C(N)N(C(=O)C(C)C)C1CCCC1C.CNC(=O)CCC(C=O)N(C=O)c1cccc(CCCCCCCCCC(=O)N2CCCC3(CN(SN4CCC(C)CC4)C3)C2)c1N(C)C. The van der Waals surface area contributed by atoms with Crippen molar-refractivity contribution >= 4 is 53.9 Å². The van der Waals surface area contributed by atoms with Crippen molar-refractivity contribution in [1.82, 2.24) is 23.7 Å². The van der Waals surface area contributed by atoms with Gasteiger partial charge in [-0.1, -0.05) is 84.9 Å². The zero-order valence-electron chi connectivity index (χ0n) is 40.7. The van der Waals surface area contributed by atoms with Crippen molar-refractivity contribution in [2.24, 2.45) is 28.9 Å². The van der Waals surface area contributed by atoms with Gasteiger partial charge in [0.2, 0.25) is 24.1 Å². The van der Waals surface area contributed by atoms with Crippen LogP contribution in [0.4, 0.5) is 11.4 Å². The monoisotopic (exact) mass is 909 g/mol. The molecule has 14 heteroatoms. The summed E-state index contributed by atoms with van der Waals surface area (Å²) in [6.07, 6.45) is 19.6. The molecule has 5 rings (SSSR count). The molecular formula is C50H84N8O5S. The lowest BCUT2D eigenvalue weighted by atomic mass is 9.75. The predicted molar refractivity (Wildman–Crippen MR) is 262 cm³/mol. The first-order chi connectivity index (χ1) is 30.6. The molecule has 64 heavy (non-hydrogen) atoms. The first kappa shape index (κ1) is 53.0. The van der Waals surface area contributed by atoms with E-state index in [0.29, 0.717) is 41.6 Å². The number of unbranched alkanes of at least 4 members (excludes halogenated alkanes) is 6. The first-order valence-electron chi connectivity index (χ1n) is 24.6. The molecule has 1 aromatic rings. The fraction of sp³-hybridized carbons (Fsp3) is 0.740. The van der Waals surface area contributed by atoms with Crippen LogP contribution in [0.1, 0.15) is 142 Å². The third-order valence-corrected chi connectivity index (χ3v) is 15.0. The van der Waals surface area contributed by atoms with Crippen LogP contribution in [0.25, 0.3) is 0 Å². The molecule has 1 saturated carbocycles. The van der Waals surface area contributed by atoms with Gasteiger partial charge in [0.05, 0.1) is 23.2 Å². The van der Waals surface area contributed by atoms with Crippen LogP contribution in [-0.2, 0) is 30.4 Å². The molecule has 4 aliphatic rings. The lowest BCUT2D eigenvalue weighted by molar-refractivity contribution is -0.137. The summed E-state index contributed by atoms with van der Waals surface area (Å²) in [5, 5.41) is 2.57. The summed E-state index contributed by atoms with van der Waals surface area (Å²) in [5.74, 6) is 2.07. The Morgan fingerprint density at radius 3 is 2.16 bits per heavy atom. The minimum Gasteiger partial charge on any atom is -0.386 e. The topological polar surface area (TPSA) is 143 Å². The zero-order chi connectivity index (χ0) is 46.8. The Labute approximate surface area is 390 Å². The van der Waals surface area contributed by atoms with Crippen molar-refractivity contribution in [2.75, 3.05) is 70.2 Å². The highest BCUT2D eigenvalue weighted by molar-refractivity contribution is 7.94. The number of piperidine rings is 2. The number of para-hydroxylation sites is 1. The number of nitrogens with one attached hydrogen (secondary N) is 1. The van der Waals surface area contributed by atoms with Gasteiger partial charge < -0.3 is 30.5 Å². The van der Waals surface area contributed by atoms with Crippen molar-refractivity contribution in [1.29, 1.82) is 0 Å². The molecule has 3 unspecified atom stereocenters. The summed E-state index contributed by atoms with van der Waals surface area (Å²) < 4.78 is 5.06. The van der Waals surface area contributed by atoms with Crippen molar-refractivity contribution < 1.29 is 24.0 Å². The number of nitrogens with two attached hydrogens (primary N) is 1. The number of aryl methyl sites for hydroxylation is 1. The highest BCUT2D eigenvalue weighted by atomic mass is 32.2. The Balaban J connectivity index is 0.000000506. The van der Waals surface area contributed by atoms with Gasteiger partial charge in [0.15, 0.2) is 0 Å². The van der Waals surface area contributed by atoms with Crippen LogP contribution in [0, 0.1) is 23.2 Å². The van der Waals surface area contributed by atoms with E-state index < -0.39 is 6.04 Å². The van der Waals surface area contributed by atoms with E-state index in [0.717, 1.165) is 107 Å². The average Bonchev–Trinajstić information content (AvgIpc) is 3.68. The first-order valence-corrected chi connectivity index (χ1v) is 25.3. The molecule has 4 amide bonds. The van der Waals surface area contributed by atoms with Gasteiger partial charge in [-0.25, -0.2) is 8.61 Å². The number of aldehydes is 1. The van der Waals surface area contributed by atoms with E-state index in [-0.39, 0.29) is 36.6 Å². The van der Waals surface area contributed by atoms with Crippen LogP contribution in [0.2, 0.25) is 0 Å². The summed E-state index contributed by atoms with van der Waals surface area (Å²) in [6.45, 7) is 18.6. The third-order valence-electron chi connectivity index (χ3n) is 13.9. The fourth-order valence-electron chi connectivity index (χ4n) is 10.1. The number of nitrogens with zero attached hydrogens (tertiary/aromatic N) is 6. The molecule has 3 aliphatic heterocycles. The maximum Gasteiger partial charge on any atom is 0.230 e. The second-order valence-electron chi connectivity index (χ2n) is 19.8. The van der Waals surface area contributed by atoms with Gasteiger partial charge >= 0.3 is 0 Å². The van der Waals surface area contributed by atoms with Crippen LogP contribution >= 0.6 is 12.1 Å². The number of likely N-dealkylation sites (tertiary alicyclic amines) is 1. The van der Waals surface area contributed by atoms with Crippen LogP contribution in [0.5, 0.6) is 0 Å². The number of amides is 4. The van der Waals surface area contributed by atoms with E-state index in [1.54, 1.807) is 11.9 Å². The van der Waals surface area contributed by atoms with Crippen LogP contribution in [-0.4, -0.2) is 121 Å². The van der Waals surface area contributed by atoms with Gasteiger partial charge in [0.25, 0.3) is 0 Å². The second kappa shape index (κ2) is 26.5. The Morgan fingerprint density at radius 1 is 0.906 bits per heavy atom. The summed E-state index contributed by atoms with van der Waals surface area (Å²) in [5.41, 5.74) is 8.82. The molecule has 1 aromatic carbocycles. The van der Waals surface area contributed by atoms with Gasteiger partial charge in [-0.05, 0) is 87.7 Å². The average molecular weight is 909 g/mol. The molecule has 360 valence electrons. The van der Waals surface area contributed by atoms with E-state index in [2.05, 4.69) is 45.3 Å². The van der Waals surface area contributed by atoms with Crippen LogP contribution < -0.4 is 20.9 Å². The molecule has 4 fully saturated rings. The number of carbonyl (C=O) groups excluding carboxylic acids is 5. The van der Waals surface area contributed by atoms with Crippen molar-refractivity contribution in [3.63, 3.8) is 0 Å². The Bertz CT molecular complexity index is 1660. The summed E-state index contributed by atoms with van der Waals surface area (Å²) >= 11 is 1.95. The highest BCUT2D eigenvalue weighted by Crippen LogP contribution is 2.43. The normalized spacial score (nSPS) is 20.5. The van der Waals surface area contributed by atoms with Gasteiger partial charge in [0.1, 0.15) is 6.29 Å². The molecule has 3 atom stereocenters. The van der Waals surface area contributed by atoms with Gasteiger partial charge in [0, 0.05) is 103 Å². The van der Waals surface area contributed by atoms with Crippen molar-refractivity contribution in [3.05, 3.63) is 36.2 Å². The number of rotatable bonds is 23.